The molecule has 1 aromatic rings. The van der Waals surface area contributed by atoms with Crippen molar-refractivity contribution in [2.45, 2.75) is 37.9 Å². The molecule has 0 aromatic carbocycles. The predicted octanol–water partition coefficient (Wildman–Crippen LogP) is 2.37. The lowest BCUT2D eigenvalue weighted by molar-refractivity contribution is 0.231. The first-order valence-corrected chi connectivity index (χ1v) is 6.81. The first kappa shape index (κ1) is 10.8. The van der Waals surface area contributed by atoms with E-state index >= 15 is 0 Å². The van der Waals surface area contributed by atoms with Crippen LogP contribution >= 0.6 is 15.9 Å². The maximum Gasteiger partial charge on any atom is 0.131 e. The van der Waals surface area contributed by atoms with E-state index < -0.39 is 0 Å². The fourth-order valence-electron chi connectivity index (χ4n) is 2.80. The van der Waals surface area contributed by atoms with Crippen molar-refractivity contribution >= 4 is 15.9 Å². The highest BCUT2D eigenvalue weighted by molar-refractivity contribution is 9.10. The van der Waals surface area contributed by atoms with Gasteiger partial charge in [-0.2, -0.15) is 0 Å². The molecule has 88 valence electrons. The van der Waals surface area contributed by atoms with Gasteiger partial charge in [0.05, 0.1) is 17.3 Å². The lowest BCUT2D eigenvalue weighted by atomic mass is 10.1. The summed E-state index contributed by atoms with van der Waals surface area (Å²) in [5.74, 6) is 1.05. The molecular weight excluding hydrogens is 268 g/mol. The van der Waals surface area contributed by atoms with Gasteiger partial charge in [0.2, 0.25) is 0 Å². The van der Waals surface area contributed by atoms with E-state index in [1.54, 1.807) is 6.26 Å². The van der Waals surface area contributed by atoms with Crippen molar-refractivity contribution in [1.29, 1.82) is 0 Å². The first-order chi connectivity index (χ1) is 7.81. The van der Waals surface area contributed by atoms with E-state index in [2.05, 4.69) is 26.1 Å². The highest BCUT2D eigenvalue weighted by atomic mass is 79.9. The molecular formula is C12H17BrN2O. The number of likely N-dealkylation sites (tertiary alicyclic amines) is 1. The van der Waals surface area contributed by atoms with Crippen LogP contribution in [0.3, 0.4) is 0 Å². The highest BCUT2D eigenvalue weighted by Crippen LogP contribution is 2.24. The Bertz CT molecular complexity index is 366. The second-order valence-electron chi connectivity index (χ2n) is 4.85. The summed E-state index contributed by atoms with van der Waals surface area (Å²) in [6, 6.07) is 3.42. The van der Waals surface area contributed by atoms with Crippen molar-refractivity contribution in [3.63, 3.8) is 0 Å². The average molecular weight is 285 g/mol. The van der Waals surface area contributed by atoms with Gasteiger partial charge in [-0.1, -0.05) is 0 Å². The lowest BCUT2D eigenvalue weighted by Gasteiger charge is -2.22. The van der Waals surface area contributed by atoms with Crippen LogP contribution in [-0.4, -0.2) is 30.1 Å². The Balaban J connectivity index is 1.65. The molecule has 2 atom stereocenters. The topological polar surface area (TPSA) is 28.4 Å². The van der Waals surface area contributed by atoms with Gasteiger partial charge in [0.1, 0.15) is 5.76 Å². The maximum atomic E-state index is 5.48. The zero-order valence-electron chi connectivity index (χ0n) is 9.29. The number of hydrogen-bond donors (Lipinski definition) is 1. The van der Waals surface area contributed by atoms with Crippen LogP contribution in [0.15, 0.2) is 21.2 Å². The molecule has 2 saturated heterocycles. The monoisotopic (exact) mass is 284 g/mol. The van der Waals surface area contributed by atoms with E-state index in [4.69, 9.17) is 4.42 Å². The summed E-state index contributed by atoms with van der Waals surface area (Å²) in [6.07, 6.45) is 5.72. The number of nitrogens with zero attached hydrogens (tertiary/aromatic N) is 1. The molecule has 2 fully saturated rings. The van der Waals surface area contributed by atoms with E-state index in [0.717, 1.165) is 29.4 Å². The molecule has 2 aliphatic heterocycles. The third kappa shape index (κ3) is 2.19. The Morgan fingerprint density at radius 2 is 2.25 bits per heavy atom. The van der Waals surface area contributed by atoms with Gasteiger partial charge < -0.3 is 9.73 Å². The van der Waals surface area contributed by atoms with Gasteiger partial charge in [0, 0.05) is 25.2 Å². The largest absolute Gasteiger partial charge is 0.467 e. The van der Waals surface area contributed by atoms with E-state index in [9.17, 15) is 0 Å². The van der Waals surface area contributed by atoms with Gasteiger partial charge in [-0.25, -0.2) is 0 Å². The molecule has 1 N–H and O–H groups in total. The maximum absolute atomic E-state index is 5.48. The van der Waals surface area contributed by atoms with Gasteiger partial charge in [-0.3, -0.25) is 4.90 Å². The number of fused-ring (bicyclic) bond motifs is 2. The standard InChI is InChI=1S/C12H17BrN2O/c13-11-4-6-16-12(11)8-15-5-3-9-1-2-10(7-15)14-9/h4,6,9-10,14H,1-3,5,7-8H2. The normalized spacial score (nSPS) is 30.6. The van der Waals surface area contributed by atoms with Crippen molar-refractivity contribution in [3.05, 3.63) is 22.6 Å². The molecule has 1 aromatic heterocycles. The van der Waals surface area contributed by atoms with Crippen molar-refractivity contribution < 1.29 is 4.42 Å². The molecule has 0 saturated carbocycles. The molecule has 3 rings (SSSR count). The van der Waals surface area contributed by atoms with Crippen LogP contribution in [-0.2, 0) is 6.54 Å². The van der Waals surface area contributed by atoms with Crippen molar-refractivity contribution in [1.82, 2.24) is 10.2 Å². The summed E-state index contributed by atoms with van der Waals surface area (Å²) in [4.78, 5) is 2.50. The molecule has 0 aliphatic carbocycles. The van der Waals surface area contributed by atoms with Crippen LogP contribution in [0.4, 0.5) is 0 Å². The molecule has 3 nitrogen and oxygen atoms in total. The lowest BCUT2D eigenvalue weighted by Crippen LogP contribution is -2.34. The summed E-state index contributed by atoms with van der Waals surface area (Å²) < 4.78 is 6.57. The first-order valence-electron chi connectivity index (χ1n) is 6.01. The third-order valence-corrected chi connectivity index (χ3v) is 4.37. The number of furan rings is 1. The fourth-order valence-corrected chi connectivity index (χ4v) is 3.13. The fraction of sp³-hybridized carbons (Fsp3) is 0.667. The van der Waals surface area contributed by atoms with Crippen LogP contribution in [0, 0.1) is 0 Å². The Labute approximate surface area is 104 Å². The quantitative estimate of drug-likeness (QED) is 0.904. The Morgan fingerprint density at radius 3 is 3.06 bits per heavy atom. The van der Waals surface area contributed by atoms with Gasteiger partial charge in [0.15, 0.2) is 0 Å². The van der Waals surface area contributed by atoms with E-state index in [1.165, 1.54) is 25.8 Å². The van der Waals surface area contributed by atoms with E-state index in [1.807, 2.05) is 6.07 Å². The minimum atomic E-state index is 0.696. The highest BCUT2D eigenvalue weighted by Gasteiger charge is 2.29. The Hall–Kier alpha value is -0.320. The summed E-state index contributed by atoms with van der Waals surface area (Å²) in [5.41, 5.74) is 0. The van der Waals surface area contributed by atoms with Gasteiger partial charge >= 0.3 is 0 Å². The van der Waals surface area contributed by atoms with E-state index in [0.29, 0.717) is 6.04 Å². The second kappa shape index (κ2) is 4.51. The smallest absolute Gasteiger partial charge is 0.131 e. The summed E-state index contributed by atoms with van der Waals surface area (Å²) in [5, 5.41) is 3.69. The third-order valence-electron chi connectivity index (χ3n) is 3.67. The van der Waals surface area contributed by atoms with Gasteiger partial charge in [-0.05, 0) is 41.3 Å². The van der Waals surface area contributed by atoms with Crippen LogP contribution in [0.25, 0.3) is 0 Å². The molecule has 4 heteroatoms. The van der Waals surface area contributed by atoms with Crippen LogP contribution in [0.1, 0.15) is 25.0 Å². The molecule has 2 bridgehead atoms. The summed E-state index contributed by atoms with van der Waals surface area (Å²) in [7, 11) is 0. The molecule has 0 amide bonds. The molecule has 2 aliphatic rings. The number of halogens is 1. The van der Waals surface area contributed by atoms with Crippen LogP contribution in [0.5, 0.6) is 0 Å². The van der Waals surface area contributed by atoms with Crippen LogP contribution < -0.4 is 5.32 Å². The number of nitrogens with one attached hydrogen (secondary N) is 1. The zero-order chi connectivity index (χ0) is 11.0. The van der Waals surface area contributed by atoms with Gasteiger partial charge in [-0.15, -0.1) is 0 Å². The Kier molecular flexibility index (Phi) is 3.05. The molecule has 0 radical (unpaired) electrons. The van der Waals surface area contributed by atoms with E-state index in [-0.39, 0.29) is 0 Å². The predicted molar refractivity (Wildman–Crippen MR) is 66.2 cm³/mol. The van der Waals surface area contributed by atoms with Gasteiger partial charge in [0.25, 0.3) is 0 Å². The number of rotatable bonds is 2. The molecule has 2 unspecified atom stereocenters. The zero-order valence-corrected chi connectivity index (χ0v) is 10.9. The van der Waals surface area contributed by atoms with Crippen LogP contribution in [0.2, 0.25) is 0 Å². The Morgan fingerprint density at radius 1 is 1.38 bits per heavy atom. The second-order valence-corrected chi connectivity index (χ2v) is 5.71. The summed E-state index contributed by atoms with van der Waals surface area (Å²) in [6.45, 7) is 3.27. The molecule has 16 heavy (non-hydrogen) atoms. The van der Waals surface area contributed by atoms with Crippen molar-refractivity contribution in [2.24, 2.45) is 0 Å². The minimum absolute atomic E-state index is 0.696. The molecule has 0 spiro atoms. The van der Waals surface area contributed by atoms with Crippen molar-refractivity contribution in [2.75, 3.05) is 13.1 Å². The summed E-state index contributed by atoms with van der Waals surface area (Å²) >= 11 is 3.52. The molecule has 3 heterocycles. The number of hydrogen-bond acceptors (Lipinski definition) is 3. The average Bonchev–Trinajstić information content (AvgIpc) is 2.78. The minimum Gasteiger partial charge on any atom is -0.467 e. The SMILES string of the molecule is Brc1ccoc1CN1CCC2CCC(C1)N2. The van der Waals surface area contributed by atoms with Crippen molar-refractivity contribution in [3.8, 4) is 0 Å².